The molecule has 1 unspecified atom stereocenters. The van der Waals surface area contributed by atoms with Crippen molar-refractivity contribution in [1.82, 2.24) is 0 Å². The lowest BCUT2D eigenvalue weighted by molar-refractivity contribution is 0.0917. The number of halogens is 1. The van der Waals surface area contributed by atoms with Gasteiger partial charge in [0.05, 0.1) is 20.3 Å². The van der Waals surface area contributed by atoms with Gasteiger partial charge in [0.15, 0.2) is 17.3 Å². The first kappa shape index (κ1) is 15.5. The van der Waals surface area contributed by atoms with Crippen molar-refractivity contribution in [3.05, 3.63) is 22.2 Å². The van der Waals surface area contributed by atoms with Crippen LogP contribution in [0.5, 0.6) is 11.5 Å². The Morgan fingerprint density at radius 3 is 2.42 bits per heavy atom. The van der Waals surface area contributed by atoms with E-state index in [1.807, 2.05) is 13.0 Å². The van der Waals surface area contributed by atoms with Crippen molar-refractivity contribution in [1.29, 1.82) is 5.26 Å². The van der Waals surface area contributed by atoms with Crippen LogP contribution in [0.2, 0.25) is 0 Å². The van der Waals surface area contributed by atoms with E-state index >= 15 is 0 Å². The van der Waals surface area contributed by atoms with E-state index in [2.05, 4.69) is 15.9 Å². The van der Waals surface area contributed by atoms with Crippen molar-refractivity contribution >= 4 is 21.7 Å². The van der Waals surface area contributed by atoms with Crippen molar-refractivity contribution in [3.8, 4) is 17.6 Å². The van der Waals surface area contributed by atoms with Crippen LogP contribution >= 0.6 is 15.9 Å². The van der Waals surface area contributed by atoms with Crippen molar-refractivity contribution < 1.29 is 14.3 Å². The molecule has 0 aliphatic rings. The van der Waals surface area contributed by atoms with Crippen LogP contribution in [-0.4, -0.2) is 20.0 Å². The first-order chi connectivity index (χ1) is 9.08. The van der Waals surface area contributed by atoms with Gasteiger partial charge >= 0.3 is 0 Å². The van der Waals surface area contributed by atoms with E-state index in [1.54, 1.807) is 12.1 Å². The molecule has 5 heteroatoms. The molecule has 0 radical (unpaired) electrons. The number of ether oxygens (including phenoxy) is 2. The fourth-order valence-corrected chi connectivity index (χ4v) is 2.31. The van der Waals surface area contributed by atoms with E-state index < -0.39 is 0 Å². The molecule has 0 bridgehead atoms. The number of carbonyl (C=O) groups is 1. The lowest BCUT2D eigenvalue weighted by Gasteiger charge is -2.14. The SMILES string of the molecule is CCC(CC#N)C(=O)c1cc(OC)c(OC)cc1Br. The third-order valence-corrected chi connectivity index (χ3v) is 3.60. The number of nitriles is 1. The Bertz CT molecular complexity index is 508. The Labute approximate surface area is 121 Å². The monoisotopic (exact) mass is 325 g/mol. The summed E-state index contributed by atoms with van der Waals surface area (Å²) in [6.45, 7) is 1.90. The van der Waals surface area contributed by atoms with Gasteiger partial charge in [-0.3, -0.25) is 4.79 Å². The molecule has 0 aliphatic heterocycles. The van der Waals surface area contributed by atoms with Gasteiger partial charge in [0.2, 0.25) is 0 Å². The summed E-state index contributed by atoms with van der Waals surface area (Å²) in [6, 6.07) is 5.39. The molecule has 1 aromatic rings. The molecular formula is C14H16BrNO3. The average molecular weight is 326 g/mol. The van der Waals surface area contributed by atoms with Gasteiger partial charge in [-0.15, -0.1) is 0 Å². The van der Waals surface area contributed by atoms with E-state index in [9.17, 15) is 4.79 Å². The highest BCUT2D eigenvalue weighted by molar-refractivity contribution is 9.10. The minimum Gasteiger partial charge on any atom is -0.493 e. The molecule has 0 amide bonds. The Morgan fingerprint density at radius 1 is 1.37 bits per heavy atom. The molecule has 1 aromatic carbocycles. The molecular weight excluding hydrogens is 310 g/mol. The maximum Gasteiger partial charge on any atom is 0.168 e. The summed E-state index contributed by atoms with van der Waals surface area (Å²) in [5, 5.41) is 8.76. The summed E-state index contributed by atoms with van der Waals surface area (Å²) in [7, 11) is 3.06. The fourth-order valence-electron chi connectivity index (χ4n) is 1.80. The molecule has 0 saturated heterocycles. The van der Waals surface area contributed by atoms with E-state index in [4.69, 9.17) is 14.7 Å². The van der Waals surface area contributed by atoms with Crippen molar-refractivity contribution in [3.63, 3.8) is 0 Å². The second kappa shape index (κ2) is 7.15. The summed E-state index contributed by atoms with van der Waals surface area (Å²) < 4.78 is 11.0. The quantitative estimate of drug-likeness (QED) is 0.750. The standard InChI is InChI=1S/C14H16BrNO3/c1-4-9(5-6-16)14(17)10-7-12(18-2)13(19-3)8-11(10)15/h7-9H,4-5H2,1-3H3. The predicted octanol–water partition coefficient (Wildman–Crippen LogP) is 3.59. The van der Waals surface area contributed by atoms with Crippen molar-refractivity contribution in [2.24, 2.45) is 5.92 Å². The maximum absolute atomic E-state index is 12.4. The summed E-state index contributed by atoms with van der Waals surface area (Å²) >= 11 is 3.36. The van der Waals surface area contributed by atoms with Crippen LogP contribution in [0.1, 0.15) is 30.1 Å². The molecule has 0 spiro atoms. The number of hydrogen-bond acceptors (Lipinski definition) is 4. The largest absolute Gasteiger partial charge is 0.493 e. The van der Waals surface area contributed by atoms with Gasteiger partial charge in [-0.2, -0.15) is 5.26 Å². The zero-order valence-electron chi connectivity index (χ0n) is 11.2. The molecule has 1 atom stereocenters. The van der Waals surface area contributed by atoms with E-state index in [0.29, 0.717) is 28.0 Å². The highest BCUT2D eigenvalue weighted by Gasteiger charge is 2.22. The molecule has 0 N–H and O–H groups in total. The smallest absolute Gasteiger partial charge is 0.168 e. The Kier molecular flexibility index (Phi) is 5.84. The van der Waals surface area contributed by atoms with E-state index in [0.717, 1.165) is 0 Å². The third-order valence-electron chi connectivity index (χ3n) is 2.94. The lowest BCUT2D eigenvalue weighted by atomic mass is 9.92. The van der Waals surface area contributed by atoms with Crippen LogP contribution in [0, 0.1) is 17.2 Å². The highest BCUT2D eigenvalue weighted by Crippen LogP contribution is 2.34. The summed E-state index contributed by atoms with van der Waals surface area (Å²) in [5.74, 6) is 0.705. The number of rotatable bonds is 6. The van der Waals surface area contributed by atoms with E-state index in [-0.39, 0.29) is 18.1 Å². The summed E-state index contributed by atoms with van der Waals surface area (Å²) in [4.78, 5) is 12.4. The van der Waals surface area contributed by atoms with Crippen molar-refractivity contribution in [2.75, 3.05) is 14.2 Å². The second-order valence-corrected chi connectivity index (χ2v) is 4.87. The van der Waals surface area contributed by atoms with Gasteiger partial charge in [-0.25, -0.2) is 0 Å². The molecule has 0 fully saturated rings. The van der Waals surface area contributed by atoms with Gasteiger partial charge < -0.3 is 9.47 Å². The van der Waals surface area contributed by atoms with Crippen LogP contribution in [0.15, 0.2) is 16.6 Å². The van der Waals surface area contributed by atoms with Crippen LogP contribution in [0.4, 0.5) is 0 Å². The first-order valence-corrected chi connectivity index (χ1v) is 6.70. The molecule has 0 aromatic heterocycles. The van der Waals surface area contributed by atoms with Crippen LogP contribution in [-0.2, 0) is 0 Å². The lowest BCUT2D eigenvalue weighted by Crippen LogP contribution is -2.14. The summed E-state index contributed by atoms with van der Waals surface area (Å²) in [6.07, 6.45) is 0.850. The molecule has 1 rings (SSSR count). The van der Waals surface area contributed by atoms with Gasteiger partial charge in [0.1, 0.15) is 0 Å². The van der Waals surface area contributed by atoms with Gasteiger partial charge in [0.25, 0.3) is 0 Å². The average Bonchev–Trinajstić information content (AvgIpc) is 2.43. The van der Waals surface area contributed by atoms with Crippen LogP contribution in [0.25, 0.3) is 0 Å². The summed E-state index contributed by atoms with van der Waals surface area (Å²) in [5.41, 5.74) is 0.514. The van der Waals surface area contributed by atoms with Crippen molar-refractivity contribution in [2.45, 2.75) is 19.8 Å². The minimum atomic E-state index is -0.292. The number of carbonyl (C=O) groups excluding carboxylic acids is 1. The molecule has 4 nitrogen and oxygen atoms in total. The molecule has 19 heavy (non-hydrogen) atoms. The van der Waals surface area contributed by atoms with Gasteiger partial charge in [0, 0.05) is 22.4 Å². The number of nitrogens with zero attached hydrogens (tertiary/aromatic N) is 1. The highest BCUT2D eigenvalue weighted by atomic mass is 79.9. The number of benzene rings is 1. The number of hydrogen-bond donors (Lipinski definition) is 0. The molecule has 102 valence electrons. The minimum absolute atomic E-state index is 0.0584. The first-order valence-electron chi connectivity index (χ1n) is 5.91. The van der Waals surface area contributed by atoms with Gasteiger partial charge in [-0.1, -0.05) is 6.92 Å². The maximum atomic E-state index is 12.4. The zero-order valence-corrected chi connectivity index (χ0v) is 12.8. The molecule has 0 saturated carbocycles. The predicted molar refractivity (Wildman–Crippen MR) is 75.6 cm³/mol. The molecule has 0 heterocycles. The topological polar surface area (TPSA) is 59.3 Å². The van der Waals surface area contributed by atoms with Crippen LogP contribution < -0.4 is 9.47 Å². The van der Waals surface area contributed by atoms with Gasteiger partial charge in [-0.05, 0) is 34.5 Å². The number of ketones is 1. The Hall–Kier alpha value is -1.54. The Morgan fingerprint density at radius 2 is 1.95 bits per heavy atom. The van der Waals surface area contributed by atoms with E-state index in [1.165, 1.54) is 14.2 Å². The zero-order chi connectivity index (χ0) is 14.4. The third kappa shape index (κ3) is 3.48. The Balaban J connectivity index is 3.20. The number of methoxy groups -OCH3 is 2. The van der Waals surface area contributed by atoms with Crippen LogP contribution in [0.3, 0.4) is 0 Å². The molecule has 0 aliphatic carbocycles. The fraction of sp³-hybridized carbons (Fsp3) is 0.429. The second-order valence-electron chi connectivity index (χ2n) is 4.02. The normalized spacial score (nSPS) is 11.5. The number of Topliss-reactive ketones (excluding diaryl/α,β-unsaturated/α-hetero) is 1.